The summed E-state index contributed by atoms with van der Waals surface area (Å²) in [5, 5.41) is 0. The molecule has 1 aromatic rings. The fraction of sp³-hybridized carbons (Fsp3) is 0.483. The normalized spacial score (nSPS) is 22.4. The van der Waals surface area contributed by atoms with E-state index in [0.29, 0.717) is 42.9 Å². The number of piperidine rings is 1. The van der Waals surface area contributed by atoms with E-state index in [-0.39, 0.29) is 23.8 Å². The Morgan fingerprint density at radius 1 is 1.17 bits per heavy atom. The molecule has 0 spiro atoms. The average molecular weight is 476 g/mol. The van der Waals surface area contributed by atoms with Gasteiger partial charge in [0.25, 0.3) is 11.8 Å². The van der Waals surface area contributed by atoms with Crippen molar-refractivity contribution in [2.45, 2.75) is 64.3 Å². The van der Waals surface area contributed by atoms with Crippen molar-refractivity contribution in [3.63, 3.8) is 0 Å². The number of likely N-dealkylation sites (tertiary alicyclic amines) is 1. The third kappa shape index (κ3) is 4.90. The number of anilines is 1. The van der Waals surface area contributed by atoms with Gasteiger partial charge in [0, 0.05) is 48.3 Å². The summed E-state index contributed by atoms with van der Waals surface area (Å²) in [6.07, 6.45) is 9.40. The fourth-order valence-electron chi connectivity index (χ4n) is 5.74. The maximum atomic E-state index is 13.3. The van der Waals surface area contributed by atoms with E-state index in [4.69, 9.17) is 0 Å². The van der Waals surface area contributed by atoms with E-state index in [1.807, 2.05) is 19.1 Å². The van der Waals surface area contributed by atoms with Gasteiger partial charge >= 0.3 is 0 Å². The van der Waals surface area contributed by atoms with Gasteiger partial charge in [-0.15, -0.1) is 0 Å². The van der Waals surface area contributed by atoms with Gasteiger partial charge in [0.15, 0.2) is 0 Å². The molecule has 1 fully saturated rings. The zero-order valence-electron chi connectivity index (χ0n) is 21.3. The molecular weight excluding hydrogens is 438 g/mol. The van der Waals surface area contributed by atoms with E-state index >= 15 is 0 Å². The molecule has 186 valence electrons. The summed E-state index contributed by atoms with van der Waals surface area (Å²) in [5.41, 5.74) is 4.56. The van der Waals surface area contributed by atoms with E-state index < -0.39 is 0 Å². The number of hydrogen-bond donors (Lipinski definition) is 0. The van der Waals surface area contributed by atoms with Gasteiger partial charge < -0.3 is 9.80 Å². The van der Waals surface area contributed by atoms with Gasteiger partial charge in [-0.3, -0.25) is 19.3 Å². The van der Waals surface area contributed by atoms with Crippen LogP contribution in [-0.4, -0.2) is 60.2 Å². The molecule has 3 heterocycles. The molecule has 3 amide bonds. The van der Waals surface area contributed by atoms with Crippen LogP contribution in [-0.2, 0) is 14.4 Å². The monoisotopic (exact) mass is 475 g/mol. The Bertz CT molecular complexity index is 1090. The fourth-order valence-corrected chi connectivity index (χ4v) is 5.74. The van der Waals surface area contributed by atoms with Crippen molar-refractivity contribution < 1.29 is 14.4 Å². The van der Waals surface area contributed by atoms with E-state index in [2.05, 4.69) is 48.5 Å². The van der Waals surface area contributed by atoms with Gasteiger partial charge in [-0.05, 0) is 64.8 Å². The molecule has 35 heavy (non-hydrogen) atoms. The van der Waals surface area contributed by atoms with E-state index in [0.717, 1.165) is 38.0 Å². The molecule has 0 radical (unpaired) electrons. The molecule has 0 aliphatic carbocycles. The van der Waals surface area contributed by atoms with Crippen LogP contribution in [0.1, 0.15) is 62.5 Å². The number of amides is 3. The summed E-state index contributed by atoms with van der Waals surface area (Å²) in [4.78, 5) is 44.5. The summed E-state index contributed by atoms with van der Waals surface area (Å²) in [7, 11) is 2.16. The number of unbranched alkanes of at least 4 members (excludes halogenated alkanes) is 2. The number of likely N-dealkylation sites (N-methyl/N-ethyl adjacent to an activating group) is 1. The molecule has 6 heteroatoms. The SMILES string of the molecule is C=CC1=C(C/C=C\C)C(=O)N(CCCCCC(=O)N2c3ccc(C)cc3C3CN(C)CCC32)C1=O. The maximum Gasteiger partial charge on any atom is 0.261 e. The highest BCUT2D eigenvalue weighted by Crippen LogP contribution is 2.45. The molecule has 0 N–H and O–H groups in total. The molecule has 3 aliphatic rings. The topological polar surface area (TPSA) is 60.9 Å². The lowest BCUT2D eigenvalue weighted by Gasteiger charge is -2.36. The second kappa shape index (κ2) is 10.7. The van der Waals surface area contributed by atoms with Gasteiger partial charge in [0.1, 0.15) is 0 Å². The number of benzene rings is 1. The largest absolute Gasteiger partial charge is 0.308 e. The average Bonchev–Trinajstić information content (AvgIpc) is 3.27. The van der Waals surface area contributed by atoms with E-state index in [1.54, 1.807) is 0 Å². The minimum Gasteiger partial charge on any atom is -0.308 e. The lowest BCUT2D eigenvalue weighted by molar-refractivity contribution is -0.137. The molecule has 1 aromatic carbocycles. The number of carbonyl (C=O) groups excluding carboxylic acids is 3. The second-order valence-electron chi connectivity index (χ2n) is 9.99. The Morgan fingerprint density at radius 2 is 1.97 bits per heavy atom. The van der Waals surface area contributed by atoms with Crippen LogP contribution < -0.4 is 4.90 Å². The lowest BCUT2D eigenvalue weighted by atomic mass is 9.89. The molecule has 2 atom stereocenters. The number of carbonyl (C=O) groups is 3. The number of hydrogen-bond acceptors (Lipinski definition) is 4. The van der Waals surface area contributed by atoms with Crippen LogP contribution in [0.15, 0.2) is 54.2 Å². The first-order valence-electron chi connectivity index (χ1n) is 12.8. The van der Waals surface area contributed by atoms with Gasteiger partial charge in [0.05, 0.1) is 0 Å². The van der Waals surface area contributed by atoms with Crippen LogP contribution in [0.2, 0.25) is 0 Å². The quantitative estimate of drug-likeness (QED) is 0.300. The van der Waals surface area contributed by atoms with Crippen molar-refractivity contribution in [2.24, 2.45) is 0 Å². The Labute approximate surface area is 209 Å². The number of rotatable bonds is 9. The molecule has 1 saturated heterocycles. The lowest BCUT2D eigenvalue weighted by Crippen LogP contribution is -2.47. The zero-order chi connectivity index (χ0) is 25.1. The second-order valence-corrected chi connectivity index (χ2v) is 9.99. The van der Waals surface area contributed by atoms with Gasteiger partial charge in [-0.2, -0.15) is 0 Å². The number of aryl methyl sites for hydroxylation is 1. The Morgan fingerprint density at radius 3 is 2.71 bits per heavy atom. The van der Waals surface area contributed by atoms with Gasteiger partial charge in [0.2, 0.25) is 5.91 Å². The zero-order valence-corrected chi connectivity index (χ0v) is 21.3. The highest BCUT2D eigenvalue weighted by Gasteiger charge is 2.43. The minimum absolute atomic E-state index is 0.185. The molecule has 4 rings (SSSR count). The first kappa shape index (κ1) is 25.1. The summed E-state index contributed by atoms with van der Waals surface area (Å²) in [6, 6.07) is 6.70. The number of nitrogens with zero attached hydrogens (tertiary/aromatic N) is 3. The van der Waals surface area contributed by atoms with Crippen molar-refractivity contribution in [2.75, 3.05) is 31.6 Å². The standard InChI is InChI=1S/C29H37N3O3/c1-5-7-11-22-21(6-2)28(34)31(29(22)35)16-10-8-9-12-27(33)32-25-14-13-20(3)18-23(25)24-19-30(4)17-15-26(24)32/h5-7,13-14,18,24,26H,2,8-12,15-17,19H2,1,3-4H3/b7-5-. The van der Waals surface area contributed by atoms with E-state index in [1.165, 1.54) is 22.1 Å². The molecule has 2 unspecified atom stereocenters. The van der Waals surface area contributed by atoms with Crippen LogP contribution in [0, 0.1) is 6.92 Å². The van der Waals surface area contributed by atoms with Crippen LogP contribution in [0.4, 0.5) is 5.69 Å². The van der Waals surface area contributed by atoms with Crippen LogP contribution >= 0.6 is 0 Å². The van der Waals surface area contributed by atoms with Crippen LogP contribution in [0.25, 0.3) is 0 Å². The highest BCUT2D eigenvalue weighted by atomic mass is 16.2. The van der Waals surface area contributed by atoms with Gasteiger partial charge in [-0.1, -0.05) is 48.9 Å². The highest BCUT2D eigenvalue weighted by molar-refractivity contribution is 6.20. The molecule has 0 bridgehead atoms. The predicted molar refractivity (Wildman–Crippen MR) is 139 cm³/mol. The Kier molecular flexibility index (Phi) is 7.70. The molecule has 0 aromatic heterocycles. The molecule has 0 saturated carbocycles. The van der Waals surface area contributed by atoms with E-state index in [9.17, 15) is 14.4 Å². The number of fused-ring (bicyclic) bond motifs is 3. The number of imide groups is 1. The Balaban J connectivity index is 1.31. The van der Waals surface area contributed by atoms with Crippen molar-refractivity contribution >= 4 is 23.4 Å². The predicted octanol–water partition coefficient (Wildman–Crippen LogP) is 4.51. The summed E-state index contributed by atoms with van der Waals surface area (Å²) < 4.78 is 0. The van der Waals surface area contributed by atoms with Crippen molar-refractivity contribution in [1.82, 2.24) is 9.80 Å². The first-order chi connectivity index (χ1) is 16.9. The maximum absolute atomic E-state index is 13.3. The summed E-state index contributed by atoms with van der Waals surface area (Å²) in [5.74, 6) is 0.0991. The van der Waals surface area contributed by atoms with Crippen LogP contribution in [0.5, 0.6) is 0 Å². The summed E-state index contributed by atoms with van der Waals surface area (Å²) >= 11 is 0. The Hall–Kier alpha value is -2.99. The summed E-state index contributed by atoms with van der Waals surface area (Å²) in [6.45, 7) is 10.1. The minimum atomic E-state index is -0.252. The number of allylic oxidation sites excluding steroid dienone is 2. The van der Waals surface area contributed by atoms with Crippen LogP contribution in [0.3, 0.4) is 0 Å². The molecule has 3 aliphatic heterocycles. The van der Waals surface area contributed by atoms with Crippen molar-refractivity contribution in [1.29, 1.82) is 0 Å². The molecular formula is C29H37N3O3. The molecule has 6 nitrogen and oxygen atoms in total. The smallest absolute Gasteiger partial charge is 0.261 e. The van der Waals surface area contributed by atoms with Crippen molar-refractivity contribution in [3.8, 4) is 0 Å². The third-order valence-corrected chi connectivity index (χ3v) is 7.56. The third-order valence-electron chi connectivity index (χ3n) is 7.56. The van der Waals surface area contributed by atoms with Gasteiger partial charge in [-0.25, -0.2) is 0 Å². The van der Waals surface area contributed by atoms with Crippen molar-refractivity contribution in [3.05, 3.63) is 65.3 Å². The first-order valence-corrected chi connectivity index (χ1v) is 12.8.